The van der Waals surface area contributed by atoms with Crippen molar-refractivity contribution in [3.8, 4) is 22.4 Å². The second kappa shape index (κ2) is 11.4. The summed E-state index contributed by atoms with van der Waals surface area (Å²) >= 11 is 0. The van der Waals surface area contributed by atoms with Crippen LogP contribution in [0.25, 0.3) is 22.4 Å². The number of nitrogens with zero attached hydrogens (tertiary/aromatic N) is 3. The van der Waals surface area contributed by atoms with Gasteiger partial charge >= 0.3 is 6.18 Å². The number of rotatable bonds is 4. The molecule has 0 saturated carbocycles. The van der Waals surface area contributed by atoms with Gasteiger partial charge in [-0.3, -0.25) is 4.68 Å². The zero-order valence-corrected chi connectivity index (χ0v) is 20.4. The molecule has 4 aromatic rings. The molecule has 0 spiro atoms. The maximum Gasteiger partial charge on any atom is 0.418 e. The van der Waals surface area contributed by atoms with Crippen LogP contribution in [0.15, 0.2) is 85.3 Å². The van der Waals surface area contributed by atoms with E-state index in [-0.39, 0.29) is 20.1 Å². The molecule has 33 heavy (non-hydrogen) atoms. The Morgan fingerprint density at radius 1 is 1.00 bits per heavy atom. The van der Waals surface area contributed by atoms with E-state index >= 15 is 0 Å². The summed E-state index contributed by atoms with van der Waals surface area (Å²) in [7, 11) is 0. The van der Waals surface area contributed by atoms with E-state index in [9.17, 15) is 13.2 Å². The van der Waals surface area contributed by atoms with Gasteiger partial charge in [0.15, 0.2) is 5.60 Å². The van der Waals surface area contributed by atoms with Gasteiger partial charge in [0, 0.05) is 38.7 Å². The van der Waals surface area contributed by atoms with Gasteiger partial charge in [0.1, 0.15) is 0 Å². The van der Waals surface area contributed by atoms with Crippen LogP contribution in [-0.2, 0) is 26.7 Å². The topological polar surface area (TPSA) is 50.9 Å². The van der Waals surface area contributed by atoms with Crippen molar-refractivity contribution in [3.63, 3.8) is 0 Å². The molecule has 1 atom stereocenters. The predicted octanol–water partition coefficient (Wildman–Crippen LogP) is 5.72. The average molecular weight is 631 g/mol. The number of benzene rings is 2. The van der Waals surface area contributed by atoms with Crippen LogP contribution in [0.4, 0.5) is 13.2 Å². The summed E-state index contributed by atoms with van der Waals surface area (Å²) in [6, 6.07) is 25.4. The monoisotopic (exact) mass is 631 g/mol. The van der Waals surface area contributed by atoms with E-state index in [1.165, 1.54) is 35.2 Å². The normalized spacial score (nSPS) is 12.7. The molecule has 1 radical (unpaired) electrons. The molecule has 2 heterocycles. The van der Waals surface area contributed by atoms with Gasteiger partial charge in [0.05, 0.1) is 6.54 Å². The number of alkyl halides is 3. The standard InChI is InChI=1S/C18H14N.C7H9F3N2O.Ir/c1-14-10-11-18(19-13-14)17-9-5-8-16(12-17)15-6-3-2-4-7-15;1-6(13,7(8,9)10)5-12-4-2-3-11-12;/h2-8,10-13H,1H3;2-4,13H,5H2,1H3;/q-1;;. The van der Waals surface area contributed by atoms with Crippen molar-refractivity contribution in [3.05, 3.63) is 97.0 Å². The molecule has 0 aliphatic rings. The number of halogens is 3. The first kappa shape index (κ1) is 26.5. The van der Waals surface area contributed by atoms with Crippen molar-refractivity contribution >= 4 is 0 Å². The fourth-order valence-electron chi connectivity index (χ4n) is 2.85. The minimum absolute atomic E-state index is 0. The van der Waals surface area contributed by atoms with Gasteiger partial charge in [0.2, 0.25) is 0 Å². The van der Waals surface area contributed by atoms with Crippen LogP contribution in [-0.4, -0.2) is 31.6 Å². The molecule has 2 aromatic carbocycles. The van der Waals surface area contributed by atoms with Crippen LogP contribution in [0.1, 0.15) is 12.5 Å². The summed E-state index contributed by atoms with van der Waals surface area (Å²) in [5.74, 6) is 0. The van der Waals surface area contributed by atoms with Crippen LogP contribution >= 0.6 is 0 Å². The van der Waals surface area contributed by atoms with Gasteiger partial charge in [-0.15, -0.1) is 35.4 Å². The zero-order valence-electron chi connectivity index (χ0n) is 18.0. The Hall–Kier alpha value is -2.80. The maximum atomic E-state index is 12.1. The Morgan fingerprint density at radius 2 is 1.73 bits per heavy atom. The number of hydrogen-bond acceptors (Lipinski definition) is 3. The molecule has 0 amide bonds. The van der Waals surface area contributed by atoms with E-state index in [0.717, 1.165) is 15.9 Å². The van der Waals surface area contributed by atoms with Gasteiger partial charge in [-0.05, 0) is 36.7 Å². The molecule has 8 heteroatoms. The molecule has 0 fully saturated rings. The van der Waals surface area contributed by atoms with Crippen LogP contribution in [0, 0.1) is 13.0 Å². The van der Waals surface area contributed by atoms with E-state index in [1.807, 2.05) is 31.3 Å². The largest absolute Gasteiger partial charge is 0.418 e. The fourth-order valence-corrected chi connectivity index (χ4v) is 2.85. The number of aliphatic hydroxyl groups is 1. The third kappa shape index (κ3) is 7.35. The molecule has 4 nitrogen and oxygen atoms in total. The van der Waals surface area contributed by atoms with Crippen molar-refractivity contribution in [2.24, 2.45) is 0 Å². The molecular formula is C25H23F3IrN3O-. The predicted molar refractivity (Wildman–Crippen MR) is 118 cm³/mol. The van der Waals surface area contributed by atoms with Gasteiger partial charge in [-0.2, -0.15) is 18.3 Å². The fraction of sp³-hybridized carbons (Fsp3) is 0.200. The first-order chi connectivity index (χ1) is 15.2. The molecule has 1 unspecified atom stereocenters. The van der Waals surface area contributed by atoms with Crippen molar-refractivity contribution in [2.45, 2.75) is 32.2 Å². The van der Waals surface area contributed by atoms with Crippen LogP contribution in [0.3, 0.4) is 0 Å². The van der Waals surface area contributed by atoms with E-state index < -0.39 is 18.3 Å². The summed E-state index contributed by atoms with van der Waals surface area (Å²) in [4.78, 5) is 4.45. The minimum Gasteiger partial charge on any atom is -0.379 e. The summed E-state index contributed by atoms with van der Waals surface area (Å²) in [5, 5.41) is 12.6. The Balaban J connectivity index is 0.000000244. The minimum atomic E-state index is -4.64. The first-order valence-corrected chi connectivity index (χ1v) is 9.92. The van der Waals surface area contributed by atoms with Gasteiger partial charge in [-0.25, -0.2) is 0 Å². The van der Waals surface area contributed by atoms with Crippen molar-refractivity contribution in [1.82, 2.24) is 14.8 Å². The Bertz CT molecular complexity index is 1110. The summed E-state index contributed by atoms with van der Waals surface area (Å²) < 4.78 is 37.4. The van der Waals surface area contributed by atoms with E-state index in [2.05, 4.69) is 58.6 Å². The Morgan fingerprint density at radius 3 is 2.30 bits per heavy atom. The van der Waals surface area contributed by atoms with E-state index in [4.69, 9.17) is 5.11 Å². The Labute approximate surface area is 204 Å². The zero-order chi connectivity index (χ0) is 23.2. The molecule has 175 valence electrons. The van der Waals surface area contributed by atoms with Gasteiger partial charge in [0.25, 0.3) is 0 Å². The van der Waals surface area contributed by atoms with Crippen LogP contribution in [0.2, 0.25) is 0 Å². The van der Waals surface area contributed by atoms with Gasteiger partial charge in [-0.1, -0.05) is 42.5 Å². The van der Waals surface area contributed by atoms with Crippen LogP contribution < -0.4 is 0 Å². The molecule has 2 aromatic heterocycles. The second-order valence-electron chi connectivity index (χ2n) is 7.55. The molecule has 4 rings (SSSR count). The Kier molecular flexibility index (Phi) is 9.11. The van der Waals surface area contributed by atoms with Gasteiger partial charge < -0.3 is 10.1 Å². The van der Waals surface area contributed by atoms with Crippen molar-refractivity contribution in [2.75, 3.05) is 0 Å². The van der Waals surface area contributed by atoms with E-state index in [1.54, 1.807) is 0 Å². The van der Waals surface area contributed by atoms with E-state index in [0.29, 0.717) is 6.92 Å². The number of aryl methyl sites for hydroxylation is 1. The number of pyridine rings is 1. The van der Waals surface area contributed by atoms with Crippen LogP contribution in [0.5, 0.6) is 0 Å². The number of aromatic nitrogens is 3. The maximum absolute atomic E-state index is 12.1. The second-order valence-corrected chi connectivity index (χ2v) is 7.55. The smallest absolute Gasteiger partial charge is 0.379 e. The molecule has 0 saturated heterocycles. The number of hydrogen-bond donors (Lipinski definition) is 1. The third-order valence-corrected chi connectivity index (χ3v) is 4.74. The molecule has 0 aliphatic heterocycles. The first-order valence-electron chi connectivity index (χ1n) is 9.92. The third-order valence-electron chi connectivity index (χ3n) is 4.74. The molecule has 1 N–H and O–H groups in total. The molecule has 0 bridgehead atoms. The quantitative estimate of drug-likeness (QED) is 0.294. The van der Waals surface area contributed by atoms with Crippen molar-refractivity contribution in [1.29, 1.82) is 0 Å². The SMILES string of the molecule is CC(O)(Cn1cccn1)C(F)(F)F.Cc1ccc(-c2[c-]ccc(-c3ccccc3)c2)nc1.[Ir]. The summed E-state index contributed by atoms with van der Waals surface area (Å²) in [5.41, 5.74) is 2.83. The molecule has 0 aliphatic carbocycles. The summed E-state index contributed by atoms with van der Waals surface area (Å²) in [6.07, 6.45) is -0.0377. The summed E-state index contributed by atoms with van der Waals surface area (Å²) in [6.45, 7) is 2.17. The molecular weight excluding hydrogens is 608 g/mol. The average Bonchev–Trinajstić information content (AvgIpc) is 3.27. The van der Waals surface area contributed by atoms with Crippen molar-refractivity contribution < 1.29 is 38.4 Å².